The van der Waals surface area contributed by atoms with Crippen molar-refractivity contribution in [2.24, 2.45) is 17.7 Å². The van der Waals surface area contributed by atoms with Gasteiger partial charge in [-0.15, -0.1) is 0 Å². The SMILES string of the molecule is CCC1CCCCC1C(NN)c1coc(C)c1. The molecule has 0 aliphatic heterocycles. The van der Waals surface area contributed by atoms with Crippen LogP contribution in [-0.2, 0) is 0 Å². The Balaban J connectivity index is 2.16. The van der Waals surface area contributed by atoms with Gasteiger partial charge in [0.25, 0.3) is 0 Å². The van der Waals surface area contributed by atoms with Crippen molar-refractivity contribution in [1.82, 2.24) is 5.43 Å². The summed E-state index contributed by atoms with van der Waals surface area (Å²) in [6.07, 6.45) is 8.42. The molecule has 1 aromatic heterocycles. The van der Waals surface area contributed by atoms with Crippen LogP contribution in [0.2, 0.25) is 0 Å². The molecule has 0 amide bonds. The van der Waals surface area contributed by atoms with Crippen LogP contribution in [0.3, 0.4) is 0 Å². The lowest BCUT2D eigenvalue weighted by Crippen LogP contribution is -2.37. The average Bonchev–Trinajstić information content (AvgIpc) is 2.77. The van der Waals surface area contributed by atoms with Crippen molar-refractivity contribution in [2.75, 3.05) is 0 Å². The van der Waals surface area contributed by atoms with E-state index in [0.717, 1.165) is 11.7 Å². The van der Waals surface area contributed by atoms with Crippen molar-refractivity contribution < 1.29 is 4.42 Å². The Morgan fingerprint density at radius 3 is 2.82 bits per heavy atom. The fourth-order valence-corrected chi connectivity index (χ4v) is 3.28. The molecule has 1 aromatic rings. The molecule has 0 bridgehead atoms. The highest BCUT2D eigenvalue weighted by molar-refractivity contribution is 5.17. The van der Waals surface area contributed by atoms with Gasteiger partial charge in [-0.25, -0.2) is 0 Å². The van der Waals surface area contributed by atoms with E-state index in [2.05, 4.69) is 18.4 Å². The minimum atomic E-state index is 0.248. The number of furan rings is 1. The molecule has 96 valence electrons. The third-order valence-corrected chi connectivity index (χ3v) is 4.21. The molecular formula is C14H24N2O. The van der Waals surface area contributed by atoms with Gasteiger partial charge in [0.05, 0.1) is 12.3 Å². The van der Waals surface area contributed by atoms with Crippen LogP contribution >= 0.6 is 0 Å². The zero-order chi connectivity index (χ0) is 12.3. The van der Waals surface area contributed by atoms with Gasteiger partial charge in [-0.2, -0.15) is 0 Å². The predicted octanol–water partition coefficient (Wildman–Crippen LogP) is 3.31. The van der Waals surface area contributed by atoms with Gasteiger partial charge in [0.2, 0.25) is 0 Å². The molecule has 3 nitrogen and oxygen atoms in total. The summed E-state index contributed by atoms with van der Waals surface area (Å²) in [6.45, 7) is 4.27. The largest absolute Gasteiger partial charge is 0.469 e. The van der Waals surface area contributed by atoms with Crippen LogP contribution in [0, 0.1) is 18.8 Å². The van der Waals surface area contributed by atoms with E-state index in [0.29, 0.717) is 5.92 Å². The lowest BCUT2D eigenvalue weighted by Gasteiger charge is -2.36. The summed E-state index contributed by atoms with van der Waals surface area (Å²) < 4.78 is 5.41. The molecule has 17 heavy (non-hydrogen) atoms. The van der Waals surface area contributed by atoms with Crippen LogP contribution < -0.4 is 11.3 Å². The maximum absolute atomic E-state index is 5.77. The first-order valence-corrected chi connectivity index (χ1v) is 6.77. The highest BCUT2D eigenvalue weighted by Gasteiger charge is 2.31. The predicted molar refractivity (Wildman–Crippen MR) is 69.2 cm³/mol. The van der Waals surface area contributed by atoms with Crippen LogP contribution in [0.15, 0.2) is 16.7 Å². The number of rotatable bonds is 4. The summed E-state index contributed by atoms with van der Waals surface area (Å²) in [7, 11) is 0. The number of hydrogen-bond donors (Lipinski definition) is 2. The van der Waals surface area contributed by atoms with E-state index in [1.54, 1.807) is 0 Å². The second-order valence-corrected chi connectivity index (χ2v) is 5.25. The number of hydrogen-bond acceptors (Lipinski definition) is 3. The lowest BCUT2D eigenvalue weighted by atomic mass is 9.73. The molecule has 1 saturated carbocycles. The summed E-state index contributed by atoms with van der Waals surface area (Å²) in [6, 6.07) is 2.35. The molecule has 0 spiro atoms. The number of hydrazine groups is 1. The maximum Gasteiger partial charge on any atom is 0.101 e. The Kier molecular flexibility index (Phi) is 4.24. The molecule has 0 saturated heterocycles. The maximum atomic E-state index is 5.77. The molecule has 1 heterocycles. The van der Waals surface area contributed by atoms with Crippen molar-refractivity contribution in [3.63, 3.8) is 0 Å². The van der Waals surface area contributed by atoms with Crippen molar-refractivity contribution >= 4 is 0 Å². The number of nitrogens with one attached hydrogen (secondary N) is 1. The molecule has 1 aliphatic carbocycles. The van der Waals surface area contributed by atoms with Crippen LogP contribution in [0.25, 0.3) is 0 Å². The minimum absolute atomic E-state index is 0.248. The molecule has 2 rings (SSSR count). The second-order valence-electron chi connectivity index (χ2n) is 5.25. The van der Waals surface area contributed by atoms with Gasteiger partial charge in [0.1, 0.15) is 5.76 Å². The topological polar surface area (TPSA) is 51.2 Å². The quantitative estimate of drug-likeness (QED) is 0.623. The van der Waals surface area contributed by atoms with Gasteiger partial charge < -0.3 is 4.42 Å². The molecule has 3 atom stereocenters. The molecule has 3 unspecified atom stereocenters. The summed E-state index contributed by atoms with van der Waals surface area (Å²) in [5, 5.41) is 0. The normalized spacial score (nSPS) is 27.0. The van der Waals surface area contributed by atoms with Crippen molar-refractivity contribution in [3.8, 4) is 0 Å². The van der Waals surface area contributed by atoms with Gasteiger partial charge in [-0.3, -0.25) is 11.3 Å². The van der Waals surface area contributed by atoms with E-state index in [1.165, 1.54) is 37.7 Å². The first-order chi connectivity index (χ1) is 8.26. The van der Waals surface area contributed by atoms with Crippen LogP contribution in [0.5, 0.6) is 0 Å². The molecular weight excluding hydrogens is 212 g/mol. The second kappa shape index (κ2) is 5.69. The van der Waals surface area contributed by atoms with Crippen molar-refractivity contribution in [3.05, 3.63) is 23.7 Å². The van der Waals surface area contributed by atoms with E-state index in [4.69, 9.17) is 10.3 Å². The smallest absolute Gasteiger partial charge is 0.101 e. The Bertz CT molecular complexity index is 348. The molecule has 1 fully saturated rings. The highest BCUT2D eigenvalue weighted by Crippen LogP contribution is 2.40. The third-order valence-electron chi connectivity index (χ3n) is 4.21. The lowest BCUT2D eigenvalue weighted by molar-refractivity contribution is 0.175. The Morgan fingerprint density at radius 2 is 2.24 bits per heavy atom. The molecule has 0 radical (unpaired) electrons. The van der Waals surface area contributed by atoms with Gasteiger partial charge in [-0.05, 0) is 31.2 Å². The van der Waals surface area contributed by atoms with E-state index in [-0.39, 0.29) is 6.04 Å². The third kappa shape index (κ3) is 2.72. The fraction of sp³-hybridized carbons (Fsp3) is 0.714. The first kappa shape index (κ1) is 12.7. The minimum Gasteiger partial charge on any atom is -0.469 e. The Morgan fingerprint density at radius 1 is 1.47 bits per heavy atom. The van der Waals surface area contributed by atoms with E-state index in [9.17, 15) is 0 Å². The van der Waals surface area contributed by atoms with Gasteiger partial charge in [-0.1, -0.05) is 32.6 Å². The zero-order valence-electron chi connectivity index (χ0n) is 10.9. The number of aryl methyl sites for hydroxylation is 1. The Hall–Kier alpha value is -0.800. The van der Waals surface area contributed by atoms with Gasteiger partial charge in [0.15, 0.2) is 0 Å². The highest BCUT2D eigenvalue weighted by atomic mass is 16.3. The Labute approximate surface area is 104 Å². The first-order valence-electron chi connectivity index (χ1n) is 6.77. The molecule has 3 heteroatoms. The van der Waals surface area contributed by atoms with Crippen molar-refractivity contribution in [2.45, 2.75) is 52.0 Å². The van der Waals surface area contributed by atoms with E-state index >= 15 is 0 Å². The summed E-state index contributed by atoms with van der Waals surface area (Å²) in [4.78, 5) is 0. The summed E-state index contributed by atoms with van der Waals surface area (Å²) >= 11 is 0. The molecule has 0 aromatic carbocycles. The average molecular weight is 236 g/mol. The van der Waals surface area contributed by atoms with Crippen LogP contribution in [0.1, 0.15) is 56.4 Å². The van der Waals surface area contributed by atoms with E-state index in [1.807, 2.05) is 13.2 Å². The molecule has 1 aliphatic rings. The van der Waals surface area contributed by atoms with Gasteiger partial charge >= 0.3 is 0 Å². The summed E-state index contributed by atoms with van der Waals surface area (Å²) in [5.41, 5.74) is 4.21. The zero-order valence-corrected chi connectivity index (χ0v) is 10.9. The van der Waals surface area contributed by atoms with Gasteiger partial charge in [0, 0.05) is 5.56 Å². The molecule has 3 N–H and O–H groups in total. The van der Waals surface area contributed by atoms with Crippen LogP contribution in [-0.4, -0.2) is 0 Å². The standard InChI is InChI=1S/C14H24N2O/c1-3-11-6-4-5-7-13(11)14(16-15)12-8-10(2)17-9-12/h8-9,11,13-14,16H,3-7,15H2,1-2H3. The summed E-state index contributed by atoms with van der Waals surface area (Å²) in [5.74, 6) is 8.17. The number of nitrogens with two attached hydrogens (primary N) is 1. The van der Waals surface area contributed by atoms with E-state index < -0.39 is 0 Å². The van der Waals surface area contributed by atoms with Crippen molar-refractivity contribution in [1.29, 1.82) is 0 Å². The monoisotopic (exact) mass is 236 g/mol. The van der Waals surface area contributed by atoms with Crippen LogP contribution in [0.4, 0.5) is 0 Å². The fourth-order valence-electron chi connectivity index (χ4n) is 3.28.